The summed E-state index contributed by atoms with van der Waals surface area (Å²) in [6.45, 7) is 13.0. The van der Waals surface area contributed by atoms with Crippen LogP contribution in [-0.2, 0) is 18.0 Å². The summed E-state index contributed by atoms with van der Waals surface area (Å²) in [7, 11) is 0. The Kier molecular flexibility index (Phi) is 11.5. The van der Waals surface area contributed by atoms with Crippen molar-refractivity contribution in [3.8, 4) is 39.8 Å². The minimum Gasteiger partial charge on any atom is -0.488 e. The second kappa shape index (κ2) is 16.4. The molecule has 1 amide bonds. The number of nitriles is 1. The molecule has 9 nitrogen and oxygen atoms in total. The first kappa shape index (κ1) is 37.9. The number of amides is 1. The summed E-state index contributed by atoms with van der Waals surface area (Å²) in [4.78, 5) is 32.5. The van der Waals surface area contributed by atoms with E-state index in [1.807, 2.05) is 32.9 Å². The Bertz CT molecular complexity index is 2200. The van der Waals surface area contributed by atoms with Crippen LogP contribution in [0.5, 0.6) is 11.5 Å². The molecule has 0 N–H and O–H groups in total. The van der Waals surface area contributed by atoms with E-state index in [0.717, 1.165) is 52.2 Å². The largest absolute Gasteiger partial charge is 0.488 e. The van der Waals surface area contributed by atoms with E-state index in [-0.39, 0.29) is 24.9 Å². The third-order valence-corrected chi connectivity index (χ3v) is 9.73. The molecule has 0 bridgehead atoms. The number of anilines is 1. The van der Waals surface area contributed by atoms with Crippen molar-refractivity contribution in [1.82, 2.24) is 9.88 Å². The molecule has 4 aromatic carbocycles. The van der Waals surface area contributed by atoms with Crippen LogP contribution in [0.25, 0.3) is 22.3 Å². The Morgan fingerprint density at radius 1 is 0.852 bits per heavy atom. The number of carbonyl (C=O) groups is 2. The number of halogens is 1. The van der Waals surface area contributed by atoms with Gasteiger partial charge in [-0.2, -0.15) is 5.26 Å². The van der Waals surface area contributed by atoms with Crippen molar-refractivity contribution in [2.45, 2.75) is 53.4 Å². The first-order valence-corrected chi connectivity index (χ1v) is 18.2. The molecular weight excluding hydrogens is 700 g/mol. The monoisotopic (exact) mass is 742 g/mol. The Labute approximate surface area is 321 Å². The maximum Gasteiger partial charge on any atom is 0.410 e. The summed E-state index contributed by atoms with van der Waals surface area (Å²) in [5.74, 6) is 0.705. The van der Waals surface area contributed by atoms with Crippen molar-refractivity contribution >= 4 is 29.7 Å². The highest BCUT2D eigenvalue weighted by molar-refractivity contribution is 6.32. The van der Waals surface area contributed by atoms with Gasteiger partial charge < -0.3 is 24.0 Å². The van der Waals surface area contributed by atoms with E-state index >= 15 is 0 Å². The Morgan fingerprint density at radius 3 is 2.20 bits per heavy atom. The zero-order valence-electron chi connectivity index (χ0n) is 31.2. The third-order valence-electron chi connectivity index (χ3n) is 9.44. The fourth-order valence-corrected chi connectivity index (χ4v) is 6.75. The van der Waals surface area contributed by atoms with E-state index in [9.17, 15) is 14.9 Å². The van der Waals surface area contributed by atoms with Gasteiger partial charge in [0.2, 0.25) is 0 Å². The lowest BCUT2D eigenvalue weighted by Crippen LogP contribution is -2.50. The van der Waals surface area contributed by atoms with Gasteiger partial charge in [0.15, 0.2) is 6.29 Å². The van der Waals surface area contributed by atoms with Crippen LogP contribution in [0, 0.1) is 25.2 Å². The molecule has 6 rings (SSSR count). The summed E-state index contributed by atoms with van der Waals surface area (Å²) < 4.78 is 17.7. The molecule has 1 aromatic heterocycles. The van der Waals surface area contributed by atoms with Gasteiger partial charge in [0.1, 0.15) is 36.4 Å². The molecule has 1 aliphatic heterocycles. The lowest BCUT2D eigenvalue weighted by atomic mass is 9.89. The molecule has 276 valence electrons. The molecule has 1 fully saturated rings. The highest BCUT2D eigenvalue weighted by Gasteiger charge is 2.26. The smallest absolute Gasteiger partial charge is 0.410 e. The molecule has 54 heavy (non-hydrogen) atoms. The van der Waals surface area contributed by atoms with E-state index in [4.69, 9.17) is 25.8 Å². The van der Waals surface area contributed by atoms with E-state index in [0.29, 0.717) is 47.0 Å². The molecule has 5 aromatic rings. The van der Waals surface area contributed by atoms with Crippen molar-refractivity contribution in [3.63, 3.8) is 0 Å². The summed E-state index contributed by atoms with van der Waals surface area (Å²) in [6.07, 6.45) is 3.51. The van der Waals surface area contributed by atoms with Gasteiger partial charge in [-0.05, 0) is 97.8 Å². The van der Waals surface area contributed by atoms with Gasteiger partial charge in [-0.25, -0.2) is 4.79 Å². The van der Waals surface area contributed by atoms with Crippen LogP contribution in [0.3, 0.4) is 0 Å². The van der Waals surface area contributed by atoms with Gasteiger partial charge in [-0.1, -0.05) is 60.1 Å². The molecule has 0 unspecified atom stereocenters. The van der Waals surface area contributed by atoms with Gasteiger partial charge in [-0.15, -0.1) is 0 Å². The van der Waals surface area contributed by atoms with Crippen LogP contribution >= 0.6 is 11.6 Å². The van der Waals surface area contributed by atoms with Crippen molar-refractivity contribution in [2.24, 2.45) is 0 Å². The molecule has 1 aliphatic rings. The summed E-state index contributed by atoms with van der Waals surface area (Å²) in [5, 5.41) is 9.48. The van der Waals surface area contributed by atoms with Crippen LogP contribution in [-0.4, -0.2) is 54.0 Å². The van der Waals surface area contributed by atoms with Crippen LogP contribution in [0.2, 0.25) is 5.02 Å². The molecule has 0 spiro atoms. The van der Waals surface area contributed by atoms with Gasteiger partial charge in [0.25, 0.3) is 0 Å². The van der Waals surface area contributed by atoms with Gasteiger partial charge in [0.05, 0.1) is 16.1 Å². The van der Waals surface area contributed by atoms with Crippen molar-refractivity contribution in [1.29, 1.82) is 5.26 Å². The number of ether oxygens (including phenoxy) is 3. The number of aromatic nitrogens is 1. The van der Waals surface area contributed by atoms with Gasteiger partial charge in [0, 0.05) is 55.9 Å². The molecular formula is C44H43ClN4O5. The zero-order chi connectivity index (χ0) is 38.4. The van der Waals surface area contributed by atoms with Crippen molar-refractivity contribution < 1.29 is 23.8 Å². The number of benzene rings is 4. The fourth-order valence-electron chi connectivity index (χ4n) is 6.52. The molecule has 10 heteroatoms. The lowest BCUT2D eigenvalue weighted by Gasteiger charge is -2.36. The number of aldehydes is 1. The van der Waals surface area contributed by atoms with Gasteiger partial charge in [-0.3, -0.25) is 9.78 Å². The average Bonchev–Trinajstić information content (AvgIpc) is 3.17. The zero-order valence-corrected chi connectivity index (χ0v) is 31.9. The lowest BCUT2D eigenvalue weighted by molar-refractivity contribution is 0.0240. The molecule has 0 saturated carbocycles. The summed E-state index contributed by atoms with van der Waals surface area (Å²) in [6, 6.07) is 28.1. The van der Waals surface area contributed by atoms with E-state index < -0.39 is 5.60 Å². The number of carbonyl (C=O) groups excluding carboxylic acids is 2. The average molecular weight is 743 g/mol. The first-order valence-electron chi connectivity index (χ1n) is 17.8. The SMILES string of the molecule is Cc1c(COc2cc(OCc3cncc(C#N)c3)c(C=O)cc2Cl)cccc1-c1cccc(-c2ccc(N3CCN(C(=O)OC(C)(C)C)CC3)cc2)c1C. The number of hydrogen-bond acceptors (Lipinski definition) is 8. The number of piperazine rings is 1. The Balaban J connectivity index is 1.15. The van der Waals surface area contributed by atoms with E-state index in [1.54, 1.807) is 23.2 Å². The normalized spacial score (nSPS) is 12.9. The Morgan fingerprint density at radius 2 is 1.52 bits per heavy atom. The minimum absolute atomic E-state index is 0.114. The van der Waals surface area contributed by atoms with Crippen LogP contribution in [0.15, 0.2) is 91.3 Å². The molecule has 0 atom stereocenters. The van der Waals surface area contributed by atoms with Gasteiger partial charge >= 0.3 is 6.09 Å². The van der Waals surface area contributed by atoms with Crippen LogP contribution < -0.4 is 14.4 Å². The van der Waals surface area contributed by atoms with E-state index in [1.165, 1.54) is 17.8 Å². The van der Waals surface area contributed by atoms with Crippen LogP contribution in [0.1, 0.15) is 58.9 Å². The predicted molar refractivity (Wildman–Crippen MR) is 211 cm³/mol. The quantitative estimate of drug-likeness (QED) is 0.130. The number of hydrogen-bond donors (Lipinski definition) is 0. The summed E-state index contributed by atoms with van der Waals surface area (Å²) in [5.41, 5.74) is 9.79. The molecule has 0 radical (unpaired) electrons. The second-order valence-electron chi connectivity index (χ2n) is 14.3. The van der Waals surface area contributed by atoms with Crippen molar-refractivity contribution in [3.05, 3.63) is 130 Å². The Hall–Kier alpha value is -5.85. The first-order chi connectivity index (χ1) is 25.9. The maximum absolute atomic E-state index is 12.5. The second-order valence-corrected chi connectivity index (χ2v) is 14.7. The standard InChI is InChI=1S/C44H43ClN4O5/c1-29-34(28-53-42-22-41(35(26-50)21-40(42)45)52-27-32-20-31(23-46)24-47-25-32)8-6-10-38(29)39-11-7-9-37(30(39)2)33-12-14-36(15-13-33)48-16-18-49(19-17-48)43(51)54-44(3,4)5/h6-15,20-22,24-26H,16-19,27-28H2,1-5H3. The minimum atomic E-state index is -0.508. The fraction of sp³-hybridized carbons (Fsp3) is 0.273. The number of pyridine rings is 1. The highest BCUT2D eigenvalue weighted by Crippen LogP contribution is 2.37. The molecule has 0 aliphatic carbocycles. The highest BCUT2D eigenvalue weighted by atomic mass is 35.5. The van der Waals surface area contributed by atoms with E-state index in [2.05, 4.69) is 78.3 Å². The topological polar surface area (TPSA) is 105 Å². The molecule has 1 saturated heterocycles. The third kappa shape index (κ3) is 8.84. The molecule has 2 heterocycles. The van der Waals surface area contributed by atoms with Crippen molar-refractivity contribution in [2.75, 3.05) is 31.1 Å². The maximum atomic E-state index is 12.5. The summed E-state index contributed by atoms with van der Waals surface area (Å²) >= 11 is 6.55. The predicted octanol–water partition coefficient (Wildman–Crippen LogP) is 9.59. The number of rotatable bonds is 10. The van der Waals surface area contributed by atoms with Crippen LogP contribution in [0.4, 0.5) is 10.5 Å². The number of nitrogens with zero attached hydrogens (tertiary/aromatic N) is 4.